The molecular weight excluding hydrogens is 473 g/mol. The molecule has 1 aliphatic heterocycles. The van der Waals surface area contributed by atoms with E-state index in [0.29, 0.717) is 0 Å². The Balaban J connectivity index is 0.000000344. The minimum atomic E-state index is -5.08. The van der Waals surface area contributed by atoms with Gasteiger partial charge in [-0.15, -0.1) is 0 Å². The highest BCUT2D eigenvalue weighted by Gasteiger charge is 2.38. The number of hydrogen-bond donors (Lipinski definition) is 3. The van der Waals surface area contributed by atoms with E-state index < -0.39 is 12.1 Å². The van der Waals surface area contributed by atoms with Crippen molar-refractivity contribution in [2.24, 2.45) is 0 Å². The molecule has 1 aromatic carbocycles. The number of hydrogen-bond acceptors (Lipinski definition) is 7. The molecule has 0 atom stereocenters. The van der Waals surface area contributed by atoms with Crippen molar-refractivity contribution in [3.8, 4) is 11.3 Å². The average Bonchev–Trinajstić information content (AvgIpc) is 3.56. The van der Waals surface area contributed by atoms with E-state index in [4.69, 9.17) is 14.3 Å². The highest BCUT2D eigenvalue weighted by molar-refractivity contribution is 7.99. The van der Waals surface area contributed by atoms with Crippen LogP contribution < -0.4 is 0 Å². The van der Waals surface area contributed by atoms with Crippen LogP contribution in [0.4, 0.5) is 13.2 Å². The van der Waals surface area contributed by atoms with Gasteiger partial charge in [-0.25, -0.2) is 9.78 Å². The van der Waals surface area contributed by atoms with Crippen molar-refractivity contribution in [2.75, 3.05) is 6.54 Å². The minimum Gasteiger partial charge on any atom is -0.475 e. The van der Waals surface area contributed by atoms with Crippen molar-refractivity contribution in [1.29, 1.82) is 0 Å². The lowest BCUT2D eigenvalue weighted by Gasteiger charge is -2.26. The number of halogens is 3. The largest absolute Gasteiger partial charge is 0.490 e. The highest BCUT2D eigenvalue weighted by Crippen LogP contribution is 2.30. The Morgan fingerprint density at radius 1 is 1.18 bits per heavy atom. The molecule has 0 bridgehead atoms. The topological polar surface area (TPSA) is 124 Å². The normalized spacial score (nSPS) is 13.7. The molecule has 0 radical (unpaired) electrons. The second-order valence-electron chi connectivity index (χ2n) is 7.27. The lowest BCUT2D eigenvalue weighted by molar-refractivity contribution is -0.192. The number of nitrogens with zero attached hydrogens (tertiary/aromatic N) is 4. The van der Waals surface area contributed by atoms with Crippen molar-refractivity contribution >= 4 is 17.7 Å². The molecule has 0 aliphatic carbocycles. The molecule has 3 aromatic heterocycles. The Morgan fingerprint density at radius 3 is 2.62 bits per heavy atom. The lowest BCUT2D eigenvalue weighted by Crippen LogP contribution is -2.29. The van der Waals surface area contributed by atoms with Crippen molar-refractivity contribution < 1.29 is 27.5 Å². The number of carboxylic acid groups (broad SMARTS) is 1. The summed E-state index contributed by atoms with van der Waals surface area (Å²) in [5.41, 5.74) is 4.73. The van der Waals surface area contributed by atoms with Crippen LogP contribution >= 0.6 is 11.8 Å². The standard InChI is InChI=1S/C19H18N6OS.C2HF3O2/c1-2-4-13(5-3-1)18-15-11-25(9-8-16(15)22-23-18)10-14-6-7-17(26-14)27-19-20-12-21-24-19;3-2(4,5)1(6)7/h1-7,12H,8-11H2,(H,22,23)(H,20,21,24);(H,6,7). The van der Waals surface area contributed by atoms with Crippen LogP contribution in [0.2, 0.25) is 0 Å². The van der Waals surface area contributed by atoms with Crippen LogP contribution in [0.1, 0.15) is 17.0 Å². The quantitative estimate of drug-likeness (QED) is 0.380. The summed E-state index contributed by atoms with van der Waals surface area (Å²) in [6.45, 7) is 2.62. The van der Waals surface area contributed by atoms with E-state index in [1.807, 2.05) is 30.3 Å². The van der Waals surface area contributed by atoms with Crippen molar-refractivity contribution in [2.45, 2.75) is 35.9 Å². The Morgan fingerprint density at radius 2 is 1.94 bits per heavy atom. The van der Waals surface area contributed by atoms with Gasteiger partial charge in [0.15, 0.2) is 10.2 Å². The lowest BCUT2D eigenvalue weighted by atomic mass is 10.0. The predicted octanol–water partition coefficient (Wildman–Crippen LogP) is 4.13. The first-order chi connectivity index (χ1) is 16.3. The van der Waals surface area contributed by atoms with Crippen LogP contribution in [0.15, 0.2) is 63.5 Å². The predicted molar refractivity (Wildman–Crippen MR) is 115 cm³/mol. The molecule has 0 amide bonds. The summed E-state index contributed by atoms with van der Waals surface area (Å²) in [6.07, 6.45) is -2.62. The maximum atomic E-state index is 10.6. The number of H-pyrrole nitrogens is 2. The van der Waals surface area contributed by atoms with Crippen molar-refractivity contribution in [3.63, 3.8) is 0 Å². The van der Waals surface area contributed by atoms with Gasteiger partial charge in [0, 0.05) is 36.3 Å². The Kier molecular flexibility index (Phi) is 7.03. The van der Waals surface area contributed by atoms with Gasteiger partial charge in [0.05, 0.1) is 12.2 Å². The zero-order chi connectivity index (χ0) is 24.1. The van der Waals surface area contributed by atoms with E-state index in [1.54, 1.807) is 0 Å². The van der Waals surface area contributed by atoms with E-state index in [-0.39, 0.29) is 0 Å². The number of aromatic amines is 2. The van der Waals surface area contributed by atoms with E-state index in [1.165, 1.54) is 29.3 Å². The molecule has 0 saturated carbocycles. The van der Waals surface area contributed by atoms with Gasteiger partial charge in [-0.05, 0) is 23.9 Å². The van der Waals surface area contributed by atoms with Crippen LogP contribution in [0.3, 0.4) is 0 Å². The number of alkyl halides is 3. The number of aromatic nitrogens is 5. The second kappa shape index (κ2) is 10.1. The van der Waals surface area contributed by atoms with Gasteiger partial charge in [-0.3, -0.25) is 15.1 Å². The summed E-state index contributed by atoms with van der Waals surface area (Å²) >= 11 is 1.44. The Labute approximate surface area is 195 Å². The molecular formula is C21H19F3N6O3S. The molecule has 13 heteroatoms. The molecule has 0 saturated heterocycles. The van der Waals surface area contributed by atoms with Crippen LogP contribution in [-0.2, 0) is 24.3 Å². The summed E-state index contributed by atoms with van der Waals surface area (Å²) in [7, 11) is 0. The van der Waals surface area contributed by atoms with E-state index >= 15 is 0 Å². The summed E-state index contributed by atoms with van der Waals surface area (Å²) in [5.74, 6) is -1.81. The monoisotopic (exact) mass is 492 g/mol. The van der Waals surface area contributed by atoms with Crippen LogP contribution in [0.25, 0.3) is 11.3 Å². The molecule has 9 nitrogen and oxygen atoms in total. The number of rotatable bonds is 5. The summed E-state index contributed by atoms with van der Waals surface area (Å²) in [5, 5.41) is 23.1. The molecule has 0 spiro atoms. The number of nitrogens with one attached hydrogen (secondary N) is 2. The third-order valence-electron chi connectivity index (χ3n) is 4.91. The Bertz CT molecular complexity index is 1220. The van der Waals surface area contributed by atoms with Crippen LogP contribution in [0, 0.1) is 0 Å². The first-order valence-corrected chi connectivity index (χ1v) is 10.9. The van der Waals surface area contributed by atoms with Gasteiger partial charge >= 0.3 is 12.1 Å². The molecule has 4 heterocycles. The first kappa shape index (κ1) is 23.6. The zero-order valence-electron chi connectivity index (χ0n) is 17.5. The van der Waals surface area contributed by atoms with Gasteiger partial charge in [0.2, 0.25) is 0 Å². The molecule has 5 rings (SSSR count). The number of carboxylic acids is 1. The fraction of sp³-hybridized carbons (Fsp3) is 0.238. The summed E-state index contributed by atoms with van der Waals surface area (Å²) in [6, 6.07) is 14.3. The number of benzene rings is 1. The molecule has 178 valence electrons. The summed E-state index contributed by atoms with van der Waals surface area (Å²) < 4.78 is 37.7. The molecule has 4 aromatic rings. The Hall–Kier alpha value is -3.58. The fourth-order valence-corrected chi connectivity index (χ4v) is 4.05. The number of furan rings is 1. The third kappa shape index (κ3) is 5.85. The SMILES string of the molecule is O=C(O)C(F)(F)F.c1ccc(-c2n[nH]c3c2CN(Cc2ccc(Sc4ncn[nH]4)o2)CC3)cc1. The van der Waals surface area contributed by atoms with E-state index in [0.717, 1.165) is 53.3 Å². The van der Waals surface area contributed by atoms with Gasteiger partial charge in [0.25, 0.3) is 0 Å². The number of fused-ring (bicyclic) bond motifs is 1. The molecule has 0 unspecified atom stereocenters. The number of aliphatic carboxylic acids is 1. The zero-order valence-corrected chi connectivity index (χ0v) is 18.4. The third-order valence-corrected chi connectivity index (χ3v) is 5.72. The molecule has 0 fully saturated rings. The first-order valence-electron chi connectivity index (χ1n) is 10.1. The second-order valence-corrected chi connectivity index (χ2v) is 8.27. The van der Waals surface area contributed by atoms with Gasteiger partial charge in [-0.1, -0.05) is 30.3 Å². The molecule has 3 N–H and O–H groups in total. The van der Waals surface area contributed by atoms with Crippen LogP contribution in [-0.4, -0.2) is 54.1 Å². The maximum absolute atomic E-state index is 10.6. The maximum Gasteiger partial charge on any atom is 0.490 e. The fourth-order valence-electron chi connectivity index (χ4n) is 3.38. The van der Waals surface area contributed by atoms with Crippen molar-refractivity contribution in [3.05, 3.63) is 65.8 Å². The van der Waals surface area contributed by atoms with Crippen LogP contribution in [0.5, 0.6) is 0 Å². The minimum absolute atomic E-state index is 0.726. The number of carbonyl (C=O) groups is 1. The van der Waals surface area contributed by atoms with Crippen molar-refractivity contribution in [1.82, 2.24) is 30.3 Å². The molecule has 1 aliphatic rings. The smallest absolute Gasteiger partial charge is 0.475 e. The van der Waals surface area contributed by atoms with E-state index in [2.05, 4.69) is 42.4 Å². The van der Waals surface area contributed by atoms with Gasteiger partial charge < -0.3 is 9.52 Å². The van der Waals surface area contributed by atoms with Gasteiger partial charge in [-0.2, -0.15) is 23.4 Å². The molecule has 34 heavy (non-hydrogen) atoms. The van der Waals surface area contributed by atoms with Gasteiger partial charge in [0.1, 0.15) is 12.1 Å². The summed E-state index contributed by atoms with van der Waals surface area (Å²) in [4.78, 5) is 15.4. The average molecular weight is 492 g/mol. The highest BCUT2D eigenvalue weighted by atomic mass is 32.2. The van der Waals surface area contributed by atoms with E-state index in [9.17, 15) is 13.2 Å².